The number of carbonyl (C=O) groups is 1. The Morgan fingerprint density at radius 1 is 1.39 bits per heavy atom. The average molecular weight is 264 g/mol. The number of hydrogen-bond donors (Lipinski definition) is 1. The highest BCUT2D eigenvalue weighted by Gasteiger charge is 2.36. The van der Waals surface area contributed by atoms with Gasteiger partial charge in [0.25, 0.3) is 0 Å². The first kappa shape index (κ1) is 12.2. The molecule has 0 bridgehead atoms. The number of nitrogens with zero attached hydrogens (tertiary/aromatic N) is 1. The van der Waals surface area contributed by atoms with Crippen molar-refractivity contribution in [1.82, 2.24) is 10.2 Å². The molecule has 2 aliphatic heterocycles. The van der Waals surface area contributed by atoms with Crippen molar-refractivity contribution >= 4 is 17.2 Å². The van der Waals surface area contributed by atoms with Gasteiger partial charge in [-0.2, -0.15) is 0 Å². The van der Waals surface area contributed by atoms with Crippen LogP contribution in [-0.4, -0.2) is 36.0 Å². The fraction of sp³-hybridized carbons (Fsp3) is 0.643. The first-order valence-electron chi connectivity index (χ1n) is 6.89. The van der Waals surface area contributed by atoms with E-state index in [1.807, 2.05) is 17.5 Å². The van der Waals surface area contributed by atoms with Crippen LogP contribution in [-0.2, 0) is 11.2 Å². The van der Waals surface area contributed by atoms with Crippen molar-refractivity contribution in [3.63, 3.8) is 0 Å². The van der Waals surface area contributed by atoms with Gasteiger partial charge < -0.3 is 5.32 Å². The number of carbonyl (C=O) groups excluding carboxylic acids is 1. The molecule has 0 aliphatic carbocycles. The van der Waals surface area contributed by atoms with E-state index in [4.69, 9.17) is 0 Å². The van der Waals surface area contributed by atoms with Gasteiger partial charge in [0.1, 0.15) is 0 Å². The third kappa shape index (κ3) is 2.59. The van der Waals surface area contributed by atoms with Crippen molar-refractivity contribution in [3.8, 4) is 0 Å². The number of thiophene rings is 1. The van der Waals surface area contributed by atoms with Crippen molar-refractivity contribution in [3.05, 3.63) is 22.4 Å². The van der Waals surface area contributed by atoms with Crippen LogP contribution in [0.15, 0.2) is 17.5 Å². The van der Waals surface area contributed by atoms with E-state index in [0.717, 1.165) is 17.8 Å². The van der Waals surface area contributed by atoms with E-state index in [1.165, 1.54) is 25.8 Å². The van der Waals surface area contributed by atoms with Crippen molar-refractivity contribution in [2.24, 2.45) is 0 Å². The number of fused-ring (bicyclic) bond motifs is 1. The SMILES string of the molecule is O=C(Cc1cccs1)N[C@H]1CCN2CCCC[C@H]12. The highest BCUT2D eigenvalue weighted by atomic mass is 32.1. The first-order chi connectivity index (χ1) is 8.83. The summed E-state index contributed by atoms with van der Waals surface area (Å²) >= 11 is 1.66. The molecular weight excluding hydrogens is 244 g/mol. The van der Waals surface area contributed by atoms with Crippen molar-refractivity contribution in [2.75, 3.05) is 13.1 Å². The highest BCUT2D eigenvalue weighted by molar-refractivity contribution is 7.10. The highest BCUT2D eigenvalue weighted by Crippen LogP contribution is 2.27. The lowest BCUT2D eigenvalue weighted by Gasteiger charge is -2.32. The Labute approximate surface area is 112 Å². The van der Waals surface area contributed by atoms with Gasteiger partial charge in [-0.15, -0.1) is 11.3 Å². The lowest BCUT2D eigenvalue weighted by Crippen LogP contribution is -2.47. The third-order valence-corrected chi connectivity index (χ3v) is 4.99. The second-order valence-electron chi connectivity index (χ2n) is 5.32. The Hall–Kier alpha value is -0.870. The van der Waals surface area contributed by atoms with E-state index >= 15 is 0 Å². The van der Waals surface area contributed by atoms with Crippen LogP contribution in [0.1, 0.15) is 30.6 Å². The Morgan fingerprint density at radius 2 is 2.33 bits per heavy atom. The Morgan fingerprint density at radius 3 is 3.17 bits per heavy atom. The second-order valence-corrected chi connectivity index (χ2v) is 6.35. The smallest absolute Gasteiger partial charge is 0.225 e. The molecule has 1 aromatic heterocycles. The standard InChI is InChI=1S/C14H20N2OS/c17-14(10-11-4-3-9-18-11)15-12-6-8-16-7-2-1-5-13(12)16/h3-4,9,12-13H,1-2,5-8,10H2,(H,15,17)/t12-,13+/m0/s1. The molecule has 0 spiro atoms. The Bertz CT molecular complexity index is 404. The summed E-state index contributed by atoms with van der Waals surface area (Å²) in [4.78, 5) is 15.7. The van der Waals surface area contributed by atoms with Gasteiger partial charge in [-0.1, -0.05) is 12.5 Å². The van der Waals surface area contributed by atoms with E-state index in [2.05, 4.69) is 10.2 Å². The molecular formula is C14H20N2OS. The van der Waals surface area contributed by atoms with Crippen LogP contribution < -0.4 is 5.32 Å². The lowest BCUT2D eigenvalue weighted by atomic mass is 9.99. The average Bonchev–Trinajstić information content (AvgIpc) is 3.00. The van der Waals surface area contributed by atoms with Crippen LogP contribution in [0.5, 0.6) is 0 Å². The maximum atomic E-state index is 12.0. The summed E-state index contributed by atoms with van der Waals surface area (Å²) in [5, 5.41) is 5.27. The van der Waals surface area contributed by atoms with Crippen molar-refractivity contribution in [1.29, 1.82) is 0 Å². The fourth-order valence-electron chi connectivity index (χ4n) is 3.24. The van der Waals surface area contributed by atoms with Gasteiger partial charge in [-0.3, -0.25) is 9.69 Å². The summed E-state index contributed by atoms with van der Waals surface area (Å²) in [6.45, 7) is 2.39. The minimum Gasteiger partial charge on any atom is -0.351 e. The maximum Gasteiger partial charge on any atom is 0.225 e. The molecule has 0 radical (unpaired) electrons. The van der Waals surface area contributed by atoms with Crippen LogP contribution >= 0.6 is 11.3 Å². The molecule has 0 saturated carbocycles. The van der Waals surface area contributed by atoms with Crippen LogP contribution in [0.3, 0.4) is 0 Å². The minimum absolute atomic E-state index is 0.190. The molecule has 2 atom stereocenters. The van der Waals surface area contributed by atoms with Gasteiger partial charge in [-0.25, -0.2) is 0 Å². The predicted molar refractivity (Wildman–Crippen MR) is 73.8 cm³/mol. The monoisotopic (exact) mass is 264 g/mol. The third-order valence-electron chi connectivity index (χ3n) is 4.12. The molecule has 1 amide bonds. The number of rotatable bonds is 3. The summed E-state index contributed by atoms with van der Waals surface area (Å²) in [5.74, 6) is 0.190. The van der Waals surface area contributed by atoms with Gasteiger partial charge in [0.05, 0.1) is 6.42 Å². The molecule has 1 N–H and O–H groups in total. The summed E-state index contributed by atoms with van der Waals surface area (Å²) in [5.41, 5.74) is 0. The molecule has 2 aliphatic rings. The summed E-state index contributed by atoms with van der Waals surface area (Å²) < 4.78 is 0. The molecule has 2 saturated heterocycles. The molecule has 98 valence electrons. The van der Waals surface area contributed by atoms with E-state index < -0.39 is 0 Å². The molecule has 0 unspecified atom stereocenters. The molecule has 3 rings (SSSR count). The quantitative estimate of drug-likeness (QED) is 0.906. The Kier molecular flexibility index (Phi) is 3.66. The molecule has 18 heavy (non-hydrogen) atoms. The van der Waals surface area contributed by atoms with E-state index in [0.29, 0.717) is 18.5 Å². The molecule has 1 aromatic rings. The van der Waals surface area contributed by atoms with Crippen molar-refractivity contribution < 1.29 is 4.79 Å². The number of piperidine rings is 1. The normalized spacial score (nSPS) is 28.0. The van der Waals surface area contributed by atoms with Gasteiger partial charge in [0.2, 0.25) is 5.91 Å². The van der Waals surface area contributed by atoms with E-state index in [1.54, 1.807) is 11.3 Å². The molecule has 2 fully saturated rings. The number of amides is 1. The van der Waals surface area contributed by atoms with E-state index in [9.17, 15) is 4.79 Å². The van der Waals surface area contributed by atoms with Crippen LogP contribution in [0.2, 0.25) is 0 Å². The van der Waals surface area contributed by atoms with E-state index in [-0.39, 0.29) is 5.91 Å². The van der Waals surface area contributed by atoms with Crippen LogP contribution in [0.4, 0.5) is 0 Å². The van der Waals surface area contributed by atoms with Gasteiger partial charge in [0.15, 0.2) is 0 Å². The second kappa shape index (κ2) is 5.41. The van der Waals surface area contributed by atoms with Crippen LogP contribution in [0.25, 0.3) is 0 Å². The van der Waals surface area contributed by atoms with Crippen LogP contribution in [0, 0.1) is 0 Å². The predicted octanol–water partition coefficient (Wildman–Crippen LogP) is 2.03. The van der Waals surface area contributed by atoms with Gasteiger partial charge in [0, 0.05) is 23.5 Å². The summed E-state index contributed by atoms with van der Waals surface area (Å²) in [7, 11) is 0. The summed E-state index contributed by atoms with van der Waals surface area (Å²) in [6.07, 6.45) is 5.57. The summed E-state index contributed by atoms with van der Waals surface area (Å²) in [6, 6.07) is 5.03. The zero-order valence-electron chi connectivity index (χ0n) is 10.6. The minimum atomic E-state index is 0.190. The number of nitrogens with one attached hydrogen (secondary N) is 1. The topological polar surface area (TPSA) is 32.3 Å². The molecule has 4 heteroatoms. The largest absolute Gasteiger partial charge is 0.351 e. The Balaban J connectivity index is 1.54. The zero-order valence-corrected chi connectivity index (χ0v) is 11.4. The molecule has 3 nitrogen and oxygen atoms in total. The number of hydrogen-bond acceptors (Lipinski definition) is 3. The van der Waals surface area contributed by atoms with Gasteiger partial charge in [-0.05, 0) is 37.3 Å². The zero-order chi connectivity index (χ0) is 12.4. The fourth-order valence-corrected chi connectivity index (χ4v) is 3.95. The lowest BCUT2D eigenvalue weighted by molar-refractivity contribution is -0.121. The first-order valence-corrected chi connectivity index (χ1v) is 7.77. The molecule has 0 aromatic carbocycles. The van der Waals surface area contributed by atoms with Crippen molar-refractivity contribution in [2.45, 2.75) is 44.2 Å². The molecule has 3 heterocycles. The maximum absolute atomic E-state index is 12.0. The van der Waals surface area contributed by atoms with Gasteiger partial charge >= 0.3 is 0 Å².